The molecular formula is C15H17ClN2OS. The van der Waals surface area contributed by atoms with Crippen LogP contribution in [0.15, 0.2) is 29.6 Å². The van der Waals surface area contributed by atoms with Crippen molar-refractivity contribution >= 4 is 34.0 Å². The summed E-state index contributed by atoms with van der Waals surface area (Å²) in [5.41, 5.74) is 3.26. The fraction of sp³-hybridized carbons (Fsp3) is 0.333. The first-order chi connectivity index (χ1) is 9.63. The van der Waals surface area contributed by atoms with Crippen LogP contribution in [0.3, 0.4) is 0 Å². The zero-order chi connectivity index (χ0) is 14.5. The van der Waals surface area contributed by atoms with Crippen molar-refractivity contribution in [2.75, 3.05) is 11.2 Å². The highest BCUT2D eigenvalue weighted by atomic mass is 35.5. The van der Waals surface area contributed by atoms with Crippen LogP contribution in [-0.4, -0.2) is 16.8 Å². The quantitative estimate of drug-likeness (QED) is 0.826. The third kappa shape index (κ3) is 3.58. The number of alkyl halides is 1. The highest BCUT2D eigenvalue weighted by molar-refractivity contribution is 7.14. The molecule has 5 heteroatoms. The summed E-state index contributed by atoms with van der Waals surface area (Å²) in [5.74, 6) is 0.274. The molecule has 3 nitrogen and oxygen atoms in total. The van der Waals surface area contributed by atoms with Crippen molar-refractivity contribution in [3.63, 3.8) is 0 Å². The van der Waals surface area contributed by atoms with Crippen LogP contribution >= 0.6 is 22.9 Å². The molecule has 0 saturated carbocycles. The van der Waals surface area contributed by atoms with Gasteiger partial charge in [0.25, 0.3) is 0 Å². The van der Waals surface area contributed by atoms with Gasteiger partial charge in [0.15, 0.2) is 5.13 Å². The minimum Gasteiger partial charge on any atom is -0.301 e. The lowest BCUT2D eigenvalue weighted by atomic mass is 9.97. The van der Waals surface area contributed by atoms with Gasteiger partial charge in [0, 0.05) is 10.9 Å². The van der Waals surface area contributed by atoms with Gasteiger partial charge >= 0.3 is 0 Å². The van der Waals surface area contributed by atoms with Crippen LogP contribution in [-0.2, 0) is 4.79 Å². The van der Waals surface area contributed by atoms with Gasteiger partial charge in [-0.1, -0.05) is 38.1 Å². The van der Waals surface area contributed by atoms with Crippen LogP contribution in [0.1, 0.15) is 31.7 Å². The number of hydrogen-bond donors (Lipinski definition) is 1. The van der Waals surface area contributed by atoms with E-state index in [1.54, 1.807) is 0 Å². The van der Waals surface area contributed by atoms with Gasteiger partial charge < -0.3 is 5.32 Å². The topological polar surface area (TPSA) is 42.0 Å². The van der Waals surface area contributed by atoms with Gasteiger partial charge in [-0.05, 0) is 17.9 Å². The van der Waals surface area contributed by atoms with Gasteiger partial charge in [-0.15, -0.1) is 22.9 Å². The summed E-state index contributed by atoms with van der Waals surface area (Å²) in [5, 5.41) is 5.17. The number of anilines is 1. The van der Waals surface area contributed by atoms with Crippen molar-refractivity contribution < 1.29 is 4.79 Å². The zero-order valence-electron chi connectivity index (χ0n) is 11.5. The molecule has 1 N–H and O–H groups in total. The number of halogens is 1. The van der Waals surface area contributed by atoms with Gasteiger partial charge in [-0.25, -0.2) is 4.98 Å². The summed E-state index contributed by atoms with van der Waals surface area (Å²) in [6.45, 7) is 4.41. The number of carbonyl (C=O) groups is 1. The summed E-state index contributed by atoms with van der Waals surface area (Å²) in [6.07, 6.45) is 1.13. The molecule has 0 radical (unpaired) electrons. The number of benzene rings is 1. The maximum Gasteiger partial charge on any atom is 0.241 e. The van der Waals surface area contributed by atoms with E-state index < -0.39 is 0 Å². The number of hydrogen-bond acceptors (Lipinski definition) is 3. The number of nitrogens with one attached hydrogen (secondary N) is 1. The maximum absolute atomic E-state index is 11.2. The predicted octanol–water partition coefficient (Wildman–Crippen LogP) is 4.50. The Morgan fingerprint density at radius 2 is 2.10 bits per heavy atom. The molecule has 20 heavy (non-hydrogen) atoms. The molecule has 0 bridgehead atoms. The summed E-state index contributed by atoms with van der Waals surface area (Å²) < 4.78 is 0. The van der Waals surface area contributed by atoms with Gasteiger partial charge in [-0.3, -0.25) is 4.79 Å². The lowest BCUT2D eigenvalue weighted by Crippen LogP contribution is -2.12. The molecule has 1 amide bonds. The molecule has 2 aromatic rings. The Morgan fingerprint density at radius 3 is 2.70 bits per heavy atom. The van der Waals surface area contributed by atoms with E-state index in [9.17, 15) is 4.79 Å². The number of carbonyl (C=O) groups excluding carboxylic acids is 1. The Balaban J connectivity index is 2.14. The molecule has 0 fully saturated rings. The van der Waals surface area contributed by atoms with Crippen LogP contribution < -0.4 is 5.32 Å². The minimum atomic E-state index is -0.236. The van der Waals surface area contributed by atoms with E-state index in [4.69, 9.17) is 11.6 Å². The van der Waals surface area contributed by atoms with Gasteiger partial charge in [0.2, 0.25) is 5.91 Å². The zero-order valence-corrected chi connectivity index (χ0v) is 13.1. The fourth-order valence-corrected chi connectivity index (χ4v) is 2.64. The molecule has 1 aromatic heterocycles. The molecule has 0 unspecified atom stereocenters. The van der Waals surface area contributed by atoms with E-state index in [0.717, 1.165) is 17.7 Å². The van der Waals surface area contributed by atoms with E-state index >= 15 is 0 Å². The number of rotatable bonds is 5. The Bertz CT molecular complexity index is 580. The average Bonchev–Trinajstić information content (AvgIpc) is 2.95. The second kappa shape index (κ2) is 6.86. The van der Waals surface area contributed by atoms with Crippen LogP contribution in [0, 0.1) is 0 Å². The third-order valence-corrected chi connectivity index (χ3v) is 4.26. The van der Waals surface area contributed by atoms with Crippen LogP contribution in [0.25, 0.3) is 11.3 Å². The molecule has 0 aliphatic rings. The van der Waals surface area contributed by atoms with E-state index in [1.165, 1.54) is 16.9 Å². The molecule has 106 valence electrons. The molecule has 1 heterocycles. The normalized spacial score (nSPS) is 12.2. The molecule has 2 rings (SSSR count). The van der Waals surface area contributed by atoms with Gasteiger partial charge in [0.05, 0.1) is 5.69 Å². The van der Waals surface area contributed by atoms with Gasteiger partial charge in [-0.2, -0.15) is 0 Å². The molecule has 0 aliphatic heterocycles. The van der Waals surface area contributed by atoms with Crippen LogP contribution in [0.4, 0.5) is 5.13 Å². The molecule has 0 saturated heterocycles. The Morgan fingerprint density at radius 1 is 1.40 bits per heavy atom. The molecular weight excluding hydrogens is 292 g/mol. The predicted molar refractivity (Wildman–Crippen MR) is 85.6 cm³/mol. The number of thiazole rings is 1. The number of amides is 1. The minimum absolute atomic E-state index is 0.0570. The summed E-state index contributed by atoms with van der Waals surface area (Å²) in [4.78, 5) is 15.6. The maximum atomic E-state index is 11.2. The van der Waals surface area contributed by atoms with E-state index in [0.29, 0.717) is 11.0 Å². The van der Waals surface area contributed by atoms with Crippen molar-refractivity contribution in [1.82, 2.24) is 4.98 Å². The van der Waals surface area contributed by atoms with Crippen molar-refractivity contribution in [2.45, 2.75) is 26.2 Å². The van der Waals surface area contributed by atoms with E-state index in [1.807, 2.05) is 5.38 Å². The average molecular weight is 309 g/mol. The fourth-order valence-electron chi connectivity index (χ4n) is 1.83. The van der Waals surface area contributed by atoms with E-state index in [2.05, 4.69) is 48.4 Å². The lowest BCUT2D eigenvalue weighted by molar-refractivity contribution is -0.113. The summed E-state index contributed by atoms with van der Waals surface area (Å²) in [6, 6.07) is 8.42. The van der Waals surface area contributed by atoms with E-state index in [-0.39, 0.29) is 11.8 Å². The highest BCUT2D eigenvalue weighted by Gasteiger charge is 2.08. The first-order valence-corrected chi connectivity index (χ1v) is 7.97. The van der Waals surface area contributed by atoms with Crippen LogP contribution in [0.2, 0.25) is 0 Å². The van der Waals surface area contributed by atoms with Crippen molar-refractivity contribution in [3.8, 4) is 11.3 Å². The Labute approximate surface area is 128 Å². The van der Waals surface area contributed by atoms with Crippen molar-refractivity contribution in [3.05, 3.63) is 35.2 Å². The smallest absolute Gasteiger partial charge is 0.241 e. The Kier molecular flexibility index (Phi) is 5.15. The lowest BCUT2D eigenvalue weighted by Gasteiger charge is -2.08. The standard InChI is InChI=1S/C15H17ClN2OS/c1-3-10(2)11-4-6-12(7-5-11)13-9-20-15(17-13)18-14(19)8-16/h4-7,9-10H,3,8H2,1-2H3,(H,17,18,19)/t10-/m0/s1. The molecule has 1 atom stereocenters. The molecule has 0 spiro atoms. The molecule has 1 aromatic carbocycles. The second-order valence-electron chi connectivity index (χ2n) is 4.65. The Hall–Kier alpha value is -1.39. The first-order valence-electron chi connectivity index (χ1n) is 6.55. The van der Waals surface area contributed by atoms with Gasteiger partial charge in [0.1, 0.15) is 5.88 Å². The van der Waals surface area contributed by atoms with Crippen LogP contribution in [0.5, 0.6) is 0 Å². The number of aromatic nitrogens is 1. The first kappa shape index (κ1) is 15.0. The number of nitrogens with zero attached hydrogens (tertiary/aromatic N) is 1. The monoisotopic (exact) mass is 308 g/mol. The largest absolute Gasteiger partial charge is 0.301 e. The van der Waals surface area contributed by atoms with Crippen molar-refractivity contribution in [1.29, 1.82) is 0 Å². The second-order valence-corrected chi connectivity index (χ2v) is 5.78. The highest BCUT2D eigenvalue weighted by Crippen LogP contribution is 2.27. The third-order valence-electron chi connectivity index (χ3n) is 3.26. The SMILES string of the molecule is CC[C@H](C)c1ccc(-c2csc(NC(=O)CCl)n2)cc1. The van der Waals surface area contributed by atoms with Crippen molar-refractivity contribution in [2.24, 2.45) is 0 Å². The summed E-state index contributed by atoms with van der Waals surface area (Å²) >= 11 is 6.85. The molecule has 0 aliphatic carbocycles. The summed E-state index contributed by atoms with van der Waals surface area (Å²) in [7, 11) is 0.